The number of nitrogens with zero attached hydrogens (tertiary/aromatic N) is 2. The van der Waals surface area contributed by atoms with Crippen LogP contribution in [0.25, 0.3) is 16.6 Å². The summed E-state index contributed by atoms with van der Waals surface area (Å²) in [5.74, 6) is -0.289. The van der Waals surface area contributed by atoms with Gasteiger partial charge in [0.2, 0.25) is 0 Å². The average Bonchev–Trinajstić information content (AvgIpc) is 2.61. The number of benzene rings is 2. The molecule has 0 spiro atoms. The molecule has 0 saturated carbocycles. The fraction of sp³-hybridized carbons (Fsp3) is 0.158. The lowest BCUT2D eigenvalue weighted by molar-refractivity contribution is 0.0818. The number of rotatable bonds is 3. The van der Waals surface area contributed by atoms with Crippen LogP contribution in [0.4, 0.5) is 0 Å². The molecule has 1 amide bonds. The lowest BCUT2D eigenvalue weighted by atomic mass is 10.1. The summed E-state index contributed by atoms with van der Waals surface area (Å²) in [6, 6.07) is 14.4. The predicted molar refractivity (Wildman–Crippen MR) is 100 cm³/mol. The van der Waals surface area contributed by atoms with E-state index in [1.165, 1.54) is 4.90 Å². The second kappa shape index (κ2) is 6.70. The van der Waals surface area contributed by atoms with Crippen molar-refractivity contribution >= 4 is 28.4 Å². The number of halogens is 1. The van der Waals surface area contributed by atoms with E-state index in [0.717, 1.165) is 5.69 Å². The van der Waals surface area contributed by atoms with Crippen LogP contribution in [0.15, 0.2) is 53.3 Å². The van der Waals surface area contributed by atoms with E-state index in [1.54, 1.807) is 36.9 Å². The normalized spacial score (nSPS) is 10.9. The second-order valence-electron chi connectivity index (χ2n) is 5.89. The summed E-state index contributed by atoms with van der Waals surface area (Å²) in [5, 5.41) is 0.962. The molecule has 3 rings (SSSR count). The maximum Gasteiger partial charge on any atom is 0.270 e. The topological polar surface area (TPSA) is 68.3 Å². The molecule has 6 heteroatoms. The minimum atomic E-state index is -0.289. The van der Waals surface area contributed by atoms with Crippen molar-refractivity contribution in [3.05, 3.63) is 75.0 Å². The molecular weight excluding hydrogens is 338 g/mol. The summed E-state index contributed by atoms with van der Waals surface area (Å²) in [5.41, 5.74) is 7.49. The first-order valence-electron chi connectivity index (χ1n) is 7.80. The van der Waals surface area contributed by atoms with Crippen molar-refractivity contribution in [1.29, 1.82) is 0 Å². The van der Waals surface area contributed by atoms with E-state index in [-0.39, 0.29) is 29.1 Å². The van der Waals surface area contributed by atoms with Crippen LogP contribution < -0.4 is 11.2 Å². The standard InChI is InChI=1S/C19H18ClN3O2/c1-22(2)19(25)17-15(11-21)18(24)14-9-8-12(20)10-16(14)23(17)13-6-4-3-5-7-13/h3-10H,11,21H2,1-2H3. The van der Waals surface area contributed by atoms with Crippen LogP contribution in [-0.4, -0.2) is 29.5 Å². The molecule has 0 unspecified atom stereocenters. The van der Waals surface area contributed by atoms with Crippen LogP contribution in [0.3, 0.4) is 0 Å². The molecule has 25 heavy (non-hydrogen) atoms. The maximum absolute atomic E-state index is 12.9. The zero-order chi connectivity index (χ0) is 18.1. The minimum Gasteiger partial charge on any atom is -0.343 e. The monoisotopic (exact) mass is 355 g/mol. The van der Waals surface area contributed by atoms with E-state index in [9.17, 15) is 9.59 Å². The second-order valence-corrected chi connectivity index (χ2v) is 6.33. The molecule has 2 N–H and O–H groups in total. The summed E-state index contributed by atoms with van der Waals surface area (Å²) in [7, 11) is 3.29. The van der Waals surface area contributed by atoms with Gasteiger partial charge in [0.15, 0.2) is 5.43 Å². The molecule has 0 aliphatic rings. The fourth-order valence-electron chi connectivity index (χ4n) is 2.88. The highest BCUT2D eigenvalue weighted by Crippen LogP contribution is 2.25. The smallest absolute Gasteiger partial charge is 0.270 e. The molecule has 0 aliphatic heterocycles. The third-order valence-electron chi connectivity index (χ3n) is 4.06. The summed E-state index contributed by atoms with van der Waals surface area (Å²) in [6.45, 7) is -0.0286. The van der Waals surface area contributed by atoms with E-state index >= 15 is 0 Å². The highest BCUT2D eigenvalue weighted by Gasteiger charge is 2.23. The first-order valence-corrected chi connectivity index (χ1v) is 8.17. The third kappa shape index (κ3) is 2.92. The molecule has 0 aliphatic carbocycles. The van der Waals surface area contributed by atoms with Crippen molar-refractivity contribution in [2.45, 2.75) is 6.54 Å². The van der Waals surface area contributed by atoms with Crippen molar-refractivity contribution in [2.24, 2.45) is 5.73 Å². The molecular formula is C19H18ClN3O2. The molecule has 3 aromatic rings. The van der Waals surface area contributed by atoms with Gasteiger partial charge in [0.05, 0.1) is 5.52 Å². The van der Waals surface area contributed by atoms with Crippen LogP contribution in [0.1, 0.15) is 16.1 Å². The zero-order valence-electron chi connectivity index (χ0n) is 14.0. The Morgan fingerprint density at radius 2 is 1.84 bits per heavy atom. The predicted octanol–water partition coefficient (Wildman–Crippen LogP) is 2.80. The molecule has 2 aromatic carbocycles. The molecule has 5 nitrogen and oxygen atoms in total. The first-order chi connectivity index (χ1) is 12.0. The van der Waals surface area contributed by atoms with Crippen LogP contribution in [0, 0.1) is 0 Å². The van der Waals surface area contributed by atoms with Crippen molar-refractivity contribution < 1.29 is 4.79 Å². The Morgan fingerprint density at radius 1 is 1.16 bits per heavy atom. The van der Waals surface area contributed by atoms with Gasteiger partial charge in [-0.2, -0.15) is 0 Å². The summed E-state index contributed by atoms with van der Waals surface area (Å²) < 4.78 is 1.76. The van der Waals surface area contributed by atoms with E-state index in [2.05, 4.69) is 0 Å². The Balaban J connectivity index is 2.58. The maximum atomic E-state index is 12.9. The number of carbonyl (C=O) groups is 1. The van der Waals surface area contributed by atoms with Gasteiger partial charge in [0.1, 0.15) is 5.69 Å². The number of hydrogen-bond acceptors (Lipinski definition) is 3. The molecule has 128 valence electrons. The number of hydrogen-bond donors (Lipinski definition) is 1. The number of carbonyl (C=O) groups excluding carboxylic acids is 1. The highest BCUT2D eigenvalue weighted by molar-refractivity contribution is 6.31. The minimum absolute atomic E-state index is 0.0286. The van der Waals surface area contributed by atoms with Gasteiger partial charge < -0.3 is 15.2 Å². The van der Waals surface area contributed by atoms with Gasteiger partial charge in [0, 0.05) is 42.3 Å². The van der Waals surface area contributed by atoms with Crippen LogP contribution in [-0.2, 0) is 6.54 Å². The van der Waals surface area contributed by atoms with Crippen LogP contribution in [0.5, 0.6) is 0 Å². The van der Waals surface area contributed by atoms with Gasteiger partial charge in [0.25, 0.3) is 5.91 Å². The first kappa shape index (κ1) is 17.2. The summed E-state index contributed by atoms with van der Waals surface area (Å²) in [4.78, 5) is 27.2. The Labute approximate surface area is 150 Å². The number of pyridine rings is 1. The van der Waals surface area contributed by atoms with Crippen molar-refractivity contribution in [1.82, 2.24) is 9.47 Å². The molecule has 0 atom stereocenters. The Morgan fingerprint density at radius 3 is 2.44 bits per heavy atom. The van der Waals surface area contributed by atoms with Crippen molar-refractivity contribution in [3.8, 4) is 5.69 Å². The van der Waals surface area contributed by atoms with Crippen LogP contribution in [0.2, 0.25) is 5.02 Å². The fourth-order valence-corrected chi connectivity index (χ4v) is 3.04. The molecule has 0 saturated heterocycles. The number of aromatic nitrogens is 1. The molecule has 0 bridgehead atoms. The average molecular weight is 356 g/mol. The van der Waals surface area contributed by atoms with Gasteiger partial charge in [-0.25, -0.2) is 0 Å². The lowest BCUT2D eigenvalue weighted by Crippen LogP contribution is -2.32. The molecule has 0 fully saturated rings. The van der Waals surface area contributed by atoms with Crippen molar-refractivity contribution in [2.75, 3.05) is 14.1 Å². The number of amides is 1. The van der Waals surface area contributed by atoms with Crippen LogP contribution >= 0.6 is 11.6 Å². The molecule has 1 heterocycles. The quantitative estimate of drug-likeness (QED) is 0.785. The van der Waals surface area contributed by atoms with E-state index in [0.29, 0.717) is 15.9 Å². The number of nitrogens with two attached hydrogens (primary N) is 1. The summed E-state index contributed by atoms with van der Waals surface area (Å²) in [6.07, 6.45) is 0. The zero-order valence-corrected chi connectivity index (χ0v) is 14.7. The van der Waals surface area contributed by atoms with Crippen molar-refractivity contribution in [3.63, 3.8) is 0 Å². The highest BCUT2D eigenvalue weighted by atomic mass is 35.5. The number of para-hydroxylation sites is 1. The lowest BCUT2D eigenvalue weighted by Gasteiger charge is -2.22. The van der Waals surface area contributed by atoms with E-state index in [1.807, 2.05) is 30.3 Å². The van der Waals surface area contributed by atoms with E-state index < -0.39 is 0 Å². The Hall–Kier alpha value is -2.63. The summed E-state index contributed by atoms with van der Waals surface area (Å²) >= 11 is 6.16. The largest absolute Gasteiger partial charge is 0.343 e. The third-order valence-corrected chi connectivity index (χ3v) is 4.29. The Kier molecular flexibility index (Phi) is 4.61. The Bertz CT molecular complexity index is 1010. The van der Waals surface area contributed by atoms with Gasteiger partial charge in [-0.1, -0.05) is 29.8 Å². The SMILES string of the molecule is CN(C)C(=O)c1c(CN)c(=O)c2ccc(Cl)cc2n1-c1ccccc1. The van der Waals surface area contributed by atoms with Gasteiger partial charge in [-0.05, 0) is 30.3 Å². The van der Waals surface area contributed by atoms with Gasteiger partial charge in [-0.3, -0.25) is 9.59 Å². The molecule has 1 aromatic heterocycles. The van der Waals surface area contributed by atoms with Gasteiger partial charge >= 0.3 is 0 Å². The van der Waals surface area contributed by atoms with E-state index in [4.69, 9.17) is 17.3 Å². The van der Waals surface area contributed by atoms with Gasteiger partial charge in [-0.15, -0.1) is 0 Å². The molecule has 0 radical (unpaired) electrons. The number of fused-ring (bicyclic) bond motifs is 1.